The molecule has 10 nitrogen and oxygen atoms in total. The monoisotopic (exact) mass is 591 g/mol. The number of nitrogens with zero attached hydrogens (tertiary/aromatic N) is 3. The molecule has 4 rings (SSSR count). The largest absolute Gasteiger partial charge is 0.490 e. The number of rotatable bonds is 3. The average Bonchev–Trinajstić information content (AvgIpc) is 3.68. The molecule has 0 bridgehead atoms. The molecule has 3 aliphatic rings. The van der Waals surface area contributed by atoms with Crippen LogP contribution < -0.4 is 0 Å². The van der Waals surface area contributed by atoms with Crippen LogP contribution in [0.1, 0.15) is 31.2 Å². The highest BCUT2D eigenvalue weighted by atomic mass is 32.2. The number of aromatic nitrogens is 1. The summed E-state index contributed by atoms with van der Waals surface area (Å²) < 4.78 is 88.8. The number of carboxylic acids is 2. The second kappa shape index (κ2) is 12.9. The van der Waals surface area contributed by atoms with Crippen molar-refractivity contribution in [1.82, 2.24) is 14.8 Å². The van der Waals surface area contributed by atoms with E-state index in [0.29, 0.717) is 26.1 Å². The van der Waals surface area contributed by atoms with Gasteiger partial charge in [-0.15, -0.1) is 0 Å². The Morgan fingerprint density at radius 3 is 1.92 bits per heavy atom. The maximum absolute atomic E-state index is 12.6. The molecule has 2 aliphatic heterocycles. The van der Waals surface area contributed by atoms with Crippen LogP contribution in [0.4, 0.5) is 26.3 Å². The van der Waals surface area contributed by atoms with Gasteiger partial charge in [-0.25, -0.2) is 18.0 Å². The Bertz CT molecular complexity index is 1090. The Kier molecular flexibility index (Phi) is 10.7. The van der Waals surface area contributed by atoms with Crippen molar-refractivity contribution in [2.45, 2.75) is 55.9 Å². The molecule has 1 saturated carbocycles. The lowest BCUT2D eigenvalue weighted by atomic mass is 10.1. The van der Waals surface area contributed by atoms with Crippen molar-refractivity contribution < 1.29 is 59.4 Å². The molecule has 0 radical (unpaired) electrons. The van der Waals surface area contributed by atoms with Crippen molar-refractivity contribution in [1.29, 1.82) is 0 Å². The SMILES string of the molecule is O=C(C1CC1)N1CC[C@@H]2[C@H](CC1)N(Cc1cccnc1)CCS2(=O)=O.O=C(O)C(F)(F)F.O=C(O)C(F)(F)F. The Morgan fingerprint density at radius 1 is 0.923 bits per heavy atom. The predicted molar refractivity (Wildman–Crippen MR) is 122 cm³/mol. The molecule has 220 valence electrons. The topological polar surface area (TPSA) is 145 Å². The fraction of sp³-hybridized carbons (Fsp3) is 0.636. The predicted octanol–water partition coefficient (Wildman–Crippen LogP) is 2.35. The lowest BCUT2D eigenvalue weighted by molar-refractivity contribution is -0.193. The van der Waals surface area contributed by atoms with E-state index in [4.69, 9.17) is 19.8 Å². The Hall–Kier alpha value is -2.95. The van der Waals surface area contributed by atoms with E-state index in [1.165, 1.54) is 0 Å². The normalized spacial score (nSPS) is 23.1. The van der Waals surface area contributed by atoms with Gasteiger partial charge < -0.3 is 15.1 Å². The molecule has 17 heteroatoms. The number of likely N-dealkylation sites (tertiary alicyclic amines) is 1. The molecule has 2 saturated heterocycles. The van der Waals surface area contributed by atoms with Gasteiger partial charge in [-0.3, -0.25) is 14.7 Å². The number of alkyl halides is 6. The molecule has 1 aromatic rings. The fourth-order valence-corrected chi connectivity index (χ4v) is 6.23. The molecule has 1 amide bonds. The molecule has 0 spiro atoms. The lowest BCUT2D eigenvalue weighted by Gasteiger charge is -2.40. The number of fused-ring (bicyclic) bond motifs is 1. The summed E-state index contributed by atoms with van der Waals surface area (Å²) in [6, 6.07) is 3.94. The van der Waals surface area contributed by atoms with Crippen LogP contribution >= 0.6 is 0 Å². The Labute approximate surface area is 219 Å². The first-order valence-corrected chi connectivity index (χ1v) is 13.4. The second-order valence-electron chi connectivity index (χ2n) is 9.09. The van der Waals surface area contributed by atoms with Crippen LogP contribution in [0.5, 0.6) is 0 Å². The summed E-state index contributed by atoms with van der Waals surface area (Å²) in [5.74, 6) is -4.87. The van der Waals surface area contributed by atoms with Gasteiger partial charge in [0.05, 0.1) is 11.0 Å². The first-order chi connectivity index (χ1) is 17.9. The maximum Gasteiger partial charge on any atom is 0.490 e. The second-order valence-corrected chi connectivity index (χ2v) is 11.4. The van der Waals surface area contributed by atoms with Crippen LogP contribution in [0.2, 0.25) is 0 Å². The van der Waals surface area contributed by atoms with E-state index in [0.717, 1.165) is 31.4 Å². The van der Waals surface area contributed by atoms with E-state index in [2.05, 4.69) is 9.88 Å². The first kappa shape index (κ1) is 32.3. The molecule has 2 atom stereocenters. The fourth-order valence-electron chi connectivity index (χ4n) is 4.19. The minimum atomic E-state index is -5.08. The van der Waals surface area contributed by atoms with Crippen molar-refractivity contribution >= 4 is 27.7 Å². The van der Waals surface area contributed by atoms with Gasteiger partial charge in [0.2, 0.25) is 5.91 Å². The smallest absolute Gasteiger partial charge is 0.475 e. The third-order valence-electron chi connectivity index (χ3n) is 6.23. The molecule has 39 heavy (non-hydrogen) atoms. The van der Waals surface area contributed by atoms with Crippen molar-refractivity contribution in [3.63, 3.8) is 0 Å². The Balaban J connectivity index is 0.000000317. The maximum atomic E-state index is 12.6. The molecule has 3 fully saturated rings. The number of carboxylic acid groups (broad SMARTS) is 2. The molecule has 0 aromatic carbocycles. The zero-order valence-corrected chi connectivity index (χ0v) is 21.2. The molecule has 1 aliphatic carbocycles. The van der Waals surface area contributed by atoms with Crippen LogP contribution in [0.15, 0.2) is 24.5 Å². The third kappa shape index (κ3) is 9.94. The number of hydrogen-bond donors (Lipinski definition) is 2. The summed E-state index contributed by atoms with van der Waals surface area (Å²) in [5, 5.41) is 13.9. The summed E-state index contributed by atoms with van der Waals surface area (Å²) >= 11 is 0. The van der Waals surface area contributed by atoms with Gasteiger partial charge in [0, 0.05) is 50.5 Å². The first-order valence-electron chi connectivity index (χ1n) is 11.7. The molecule has 1 aromatic heterocycles. The standard InChI is InChI=1S/C18H25N3O3S.2C2HF3O2/c22-18(15-3-4-15)20-8-5-16-17(6-9-20)25(23,24)11-10-21(16)13-14-2-1-7-19-12-14;2*3-2(4,5)1(6)7/h1-2,7,12,15-17H,3-6,8-11,13H2;2*(H,6,7)/t16-,17+;;/m0../s1. The number of carbonyl (C=O) groups is 3. The molecule has 3 heterocycles. The van der Waals surface area contributed by atoms with Gasteiger partial charge in [-0.05, 0) is 37.3 Å². The molecular weight excluding hydrogens is 564 g/mol. The summed E-state index contributed by atoms with van der Waals surface area (Å²) in [5.41, 5.74) is 1.11. The number of aliphatic carboxylic acids is 2. The van der Waals surface area contributed by atoms with Crippen molar-refractivity contribution in [2.75, 3.05) is 25.4 Å². The van der Waals surface area contributed by atoms with Crippen LogP contribution in [0.25, 0.3) is 0 Å². The highest BCUT2D eigenvalue weighted by molar-refractivity contribution is 7.92. The quantitative estimate of drug-likeness (QED) is 0.506. The van der Waals surface area contributed by atoms with E-state index in [9.17, 15) is 39.6 Å². The number of hydrogen-bond acceptors (Lipinski definition) is 7. The van der Waals surface area contributed by atoms with Crippen molar-refractivity contribution in [3.8, 4) is 0 Å². The number of sulfone groups is 1. The van der Waals surface area contributed by atoms with Crippen LogP contribution in [-0.4, -0.2) is 100 Å². The van der Waals surface area contributed by atoms with Gasteiger partial charge in [-0.1, -0.05) is 6.07 Å². The zero-order valence-electron chi connectivity index (χ0n) is 20.4. The van der Waals surface area contributed by atoms with Crippen LogP contribution in [0, 0.1) is 5.92 Å². The average molecular weight is 592 g/mol. The highest BCUT2D eigenvalue weighted by Crippen LogP contribution is 2.34. The van der Waals surface area contributed by atoms with Gasteiger partial charge in [-0.2, -0.15) is 26.3 Å². The van der Waals surface area contributed by atoms with Gasteiger partial charge >= 0.3 is 24.3 Å². The minimum absolute atomic E-state index is 0.00374. The van der Waals surface area contributed by atoms with E-state index < -0.39 is 34.1 Å². The number of carbonyl (C=O) groups excluding carboxylic acids is 1. The minimum Gasteiger partial charge on any atom is -0.475 e. The molecular formula is C22H27F6N3O7S. The van der Waals surface area contributed by atoms with Gasteiger partial charge in [0.15, 0.2) is 9.84 Å². The van der Waals surface area contributed by atoms with Crippen molar-refractivity contribution in [3.05, 3.63) is 30.1 Å². The third-order valence-corrected chi connectivity index (χ3v) is 8.46. The number of halogens is 6. The van der Waals surface area contributed by atoms with Gasteiger partial charge in [0.25, 0.3) is 0 Å². The molecule has 2 N–H and O–H groups in total. The summed E-state index contributed by atoms with van der Waals surface area (Å²) in [7, 11) is -3.08. The highest BCUT2D eigenvalue weighted by Gasteiger charge is 2.44. The van der Waals surface area contributed by atoms with Crippen molar-refractivity contribution in [2.24, 2.45) is 5.92 Å². The number of pyridine rings is 1. The van der Waals surface area contributed by atoms with E-state index in [1.807, 2.05) is 23.2 Å². The van der Waals surface area contributed by atoms with Crippen LogP contribution in [0.3, 0.4) is 0 Å². The summed E-state index contributed by atoms with van der Waals surface area (Å²) in [6.45, 7) is 2.54. The summed E-state index contributed by atoms with van der Waals surface area (Å²) in [6.07, 6.45) is -3.28. The Morgan fingerprint density at radius 2 is 1.46 bits per heavy atom. The van der Waals surface area contributed by atoms with E-state index in [1.54, 1.807) is 6.20 Å². The zero-order chi connectivity index (χ0) is 29.6. The van der Waals surface area contributed by atoms with E-state index in [-0.39, 0.29) is 28.9 Å². The van der Waals surface area contributed by atoms with Crippen LogP contribution in [-0.2, 0) is 30.8 Å². The molecule has 0 unspecified atom stereocenters. The summed E-state index contributed by atoms with van der Waals surface area (Å²) in [4.78, 5) is 38.6. The lowest BCUT2D eigenvalue weighted by Crippen LogP contribution is -2.54. The van der Waals surface area contributed by atoms with E-state index >= 15 is 0 Å². The number of amides is 1. The van der Waals surface area contributed by atoms with Gasteiger partial charge in [0.1, 0.15) is 0 Å².